The Labute approximate surface area is 217 Å². The first-order valence-electron chi connectivity index (χ1n) is 12.8. The van der Waals surface area contributed by atoms with Gasteiger partial charge in [0.25, 0.3) is 0 Å². The van der Waals surface area contributed by atoms with Gasteiger partial charge in [-0.3, -0.25) is 9.59 Å². The zero-order chi connectivity index (χ0) is 26.8. The van der Waals surface area contributed by atoms with Gasteiger partial charge in [-0.1, -0.05) is 34.1 Å². The molecule has 7 atom stereocenters. The fourth-order valence-electron chi connectivity index (χ4n) is 5.08. The molecule has 3 N–H and O–H groups in total. The molecule has 0 amide bonds. The van der Waals surface area contributed by atoms with Crippen LogP contribution in [0.1, 0.15) is 84.3 Å². The average molecular weight is 524 g/mol. The maximum absolute atomic E-state index is 13.2. The number of fused-ring (bicyclic) bond motifs is 1. The van der Waals surface area contributed by atoms with Gasteiger partial charge < -0.3 is 24.8 Å². The van der Waals surface area contributed by atoms with Crippen LogP contribution in [-0.2, 0) is 25.7 Å². The first-order chi connectivity index (χ1) is 16.8. The van der Waals surface area contributed by atoms with Gasteiger partial charge in [0.1, 0.15) is 16.9 Å². The van der Waals surface area contributed by atoms with E-state index in [1.807, 2.05) is 32.2 Å². The number of hydrogen-bond acceptors (Lipinski definition) is 9. The van der Waals surface area contributed by atoms with E-state index in [-0.39, 0.29) is 36.4 Å². The normalized spacial score (nSPS) is 36.8. The third-order valence-electron chi connectivity index (χ3n) is 8.00. The minimum Gasteiger partial charge on any atom is -0.458 e. The van der Waals surface area contributed by atoms with E-state index >= 15 is 0 Å². The molecular weight excluding hydrogens is 482 g/mol. The molecule has 2 aliphatic heterocycles. The number of cyclic esters (lactones) is 1. The molecular formula is C27H41NO7S. The minimum atomic E-state index is -1.26. The number of esters is 1. The average Bonchev–Trinajstić information content (AvgIpc) is 3.23. The summed E-state index contributed by atoms with van der Waals surface area (Å²) < 4.78 is 11.9. The molecule has 9 heteroatoms. The van der Waals surface area contributed by atoms with Crippen LogP contribution in [-0.4, -0.2) is 62.1 Å². The van der Waals surface area contributed by atoms with Crippen LogP contribution in [0, 0.1) is 17.3 Å². The summed E-state index contributed by atoms with van der Waals surface area (Å²) in [5.74, 6) is -1.64. The van der Waals surface area contributed by atoms with Gasteiger partial charge in [-0.05, 0) is 44.3 Å². The van der Waals surface area contributed by atoms with Crippen molar-refractivity contribution >= 4 is 29.2 Å². The van der Waals surface area contributed by atoms with Crippen LogP contribution in [0.3, 0.4) is 0 Å². The Bertz CT molecular complexity index is 973. The highest BCUT2D eigenvalue weighted by atomic mass is 32.1. The fourth-order valence-corrected chi connectivity index (χ4v) is 5.69. The second kappa shape index (κ2) is 11.4. The lowest BCUT2D eigenvalue weighted by molar-refractivity contribution is -0.154. The lowest BCUT2D eigenvalue weighted by Crippen LogP contribution is -2.45. The van der Waals surface area contributed by atoms with E-state index in [0.717, 1.165) is 24.8 Å². The predicted molar refractivity (Wildman–Crippen MR) is 137 cm³/mol. The van der Waals surface area contributed by atoms with E-state index in [9.17, 15) is 24.9 Å². The number of ether oxygens (including phenoxy) is 2. The van der Waals surface area contributed by atoms with Crippen molar-refractivity contribution in [1.82, 2.24) is 4.98 Å². The summed E-state index contributed by atoms with van der Waals surface area (Å²) >= 11 is 1.35. The molecule has 202 valence electrons. The number of aliphatic hydroxyl groups is 3. The fraction of sp³-hybridized carbons (Fsp3) is 0.741. The molecule has 0 unspecified atom stereocenters. The summed E-state index contributed by atoms with van der Waals surface area (Å²) in [5, 5.41) is 33.4. The molecule has 8 nitrogen and oxygen atoms in total. The number of carbonyl (C=O) groups excluding carboxylic acids is 2. The van der Waals surface area contributed by atoms with Crippen molar-refractivity contribution in [2.24, 2.45) is 17.3 Å². The SMILES string of the molecule is CC(=Cc1csc(CO)n1)[C@@H]1C[C@@H]2O[C@]2(C)CCC[C@H](C)[C@H](O)[C@@H](C)C(=O)C(C)(C)[C@@H](O)CC(=O)O1. The van der Waals surface area contributed by atoms with Crippen molar-refractivity contribution in [2.75, 3.05) is 0 Å². The highest BCUT2D eigenvalue weighted by Gasteiger charge is 2.53. The number of aliphatic hydroxyl groups excluding tert-OH is 3. The minimum absolute atomic E-state index is 0.0860. The Morgan fingerprint density at radius 2 is 1.94 bits per heavy atom. The molecule has 2 fully saturated rings. The molecule has 36 heavy (non-hydrogen) atoms. The Kier molecular flexibility index (Phi) is 9.15. The molecule has 0 aromatic carbocycles. The second-order valence-electron chi connectivity index (χ2n) is 11.3. The van der Waals surface area contributed by atoms with Crippen molar-refractivity contribution in [3.05, 3.63) is 21.7 Å². The maximum atomic E-state index is 13.2. The van der Waals surface area contributed by atoms with Crippen molar-refractivity contribution in [3.63, 3.8) is 0 Å². The standard InChI is InChI=1S/C27H41NO7S/c1-15-8-7-9-27(6)21(35-27)11-19(16(2)10-18-14-36-22(13-29)28-18)34-23(31)12-20(30)26(4,5)25(33)17(3)24(15)32/h10,14-15,17,19-21,24,29-30,32H,7-9,11-13H2,1-6H3/t15-,17+,19-,20-,21-,24-,27+/m0/s1. The monoisotopic (exact) mass is 523 g/mol. The third kappa shape index (κ3) is 6.61. The molecule has 0 aliphatic carbocycles. The van der Waals surface area contributed by atoms with Crippen LogP contribution >= 0.6 is 11.3 Å². The van der Waals surface area contributed by atoms with E-state index < -0.39 is 35.6 Å². The third-order valence-corrected chi connectivity index (χ3v) is 8.85. The number of ketones is 1. The van der Waals surface area contributed by atoms with Crippen LogP contribution in [0.4, 0.5) is 0 Å². The zero-order valence-corrected chi connectivity index (χ0v) is 23.0. The molecule has 0 saturated carbocycles. The Morgan fingerprint density at radius 3 is 2.58 bits per heavy atom. The number of carbonyl (C=O) groups is 2. The molecule has 0 spiro atoms. The molecule has 2 aliphatic rings. The number of thiazole rings is 1. The first-order valence-corrected chi connectivity index (χ1v) is 13.7. The number of nitrogens with zero attached hydrogens (tertiary/aromatic N) is 1. The number of aromatic nitrogens is 1. The topological polar surface area (TPSA) is 129 Å². The summed E-state index contributed by atoms with van der Waals surface area (Å²) in [6.45, 7) is 10.6. The van der Waals surface area contributed by atoms with E-state index in [4.69, 9.17) is 9.47 Å². The summed E-state index contributed by atoms with van der Waals surface area (Å²) in [4.78, 5) is 30.5. The molecule has 0 bridgehead atoms. The van der Waals surface area contributed by atoms with Crippen LogP contribution in [0.15, 0.2) is 11.0 Å². The Balaban J connectivity index is 1.85. The zero-order valence-electron chi connectivity index (χ0n) is 22.2. The van der Waals surface area contributed by atoms with Gasteiger partial charge in [-0.25, -0.2) is 4.98 Å². The van der Waals surface area contributed by atoms with Crippen molar-refractivity contribution < 1.29 is 34.4 Å². The molecule has 1 aromatic heterocycles. The van der Waals surface area contributed by atoms with Crippen molar-refractivity contribution in [2.45, 2.75) is 110 Å². The number of Topliss-reactive ketones (excluding diaryl/α,β-unsaturated/α-hetero) is 1. The number of hydrogen-bond donors (Lipinski definition) is 3. The van der Waals surface area contributed by atoms with Crippen LogP contribution in [0.2, 0.25) is 0 Å². The summed E-state index contributed by atoms with van der Waals surface area (Å²) in [6, 6.07) is 0. The van der Waals surface area contributed by atoms with Gasteiger partial charge in [0.15, 0.2) is 0 Å². The lowest BCUT2D eigenvalue weighted by atomic mass is 9.73. The maximum Gasteiger partial charge on any atom is 0.309 e. The second-order valence-corrected chi connectivity index (χ2v) is 12.2. The summed E-state index contributed by atoms with van der Waals surface area (Å²) in [5.41, 5.74) is -0.0964. The first kappa shape index (κ1) is 28.9. The van der Waals surface area contributed by atoms with E-state index in [1.54, 1.807) is 20.8 Å². The van der Waals surface area contributed by atoms with Gasteiger partial charge in [0, 0.05) is 17.7 Å². The molecule has 1 aromatic rings. The molecule has 0 radical (unpaired) electrons. The predicted octanol–water partition coefficient (Wildman–Crippen LogP) is 3.66. The highest BCUT2D eigenvalue weighted by molar-refractivity contribution is 7.09. The summed E-state index contributed by atoms with van der Waals surface area (Å²) in [6.07, 6.45) is 1.60. The summed E-state index contributed by atoms with van der Waals surface area (Å²) in [7, 11) is 0. The lowest BCUT2D eigenvalue weighted by Gasteiger charge is -2.34. The smallest absolute Gasteiger partial charge is 0.309 e. The molecule has 3 heterocycles. The van der Waals surface area contributed by atoms with E-state index in [2.05, 4.69) is 4.98 Å². The molecule has 2 saturated heterocycles. The Morgan fingerprint density at radius 1 is 1.25 bits per heavy atom. The van der Waals surface area contributed by atoms with Crippen LogP contribution in [0.5, 0.6) is 0 Å². The Hall–Kier alpha value is -1.65. The largest absolute Gasteiger partial charge is 0.458 e. The van der Waals surface area contributed by atoms with E-state index in [0.29, 0.717) is 17.1 Å². The van der Waals surface area contributed by atoms with Gasteiger partial charge in [-0.2, -0.15) is 0 Å². The van der Waals surface area contributed by atoms with Crippen molar-refractivity contribution in [3.8, 4) is 0 Å². The van der Waals surface area contributed by atoms with Crippen molar-refractivity contribution in [1.29, 1.82) is 0 Å². The van der Waals surface area contributed by atoms with Crippen LogP contribution < -0.4 is 0 Å². The quantitative estimate of drug-likeness (QED) is 0.404. The van der Waals surface area contributed by atoms with Crippen LogP contribution in [0.25, 0.3) is 6.08 Å². The van der Waals surface area contributed by atoms with E-state index in [1.165, 1.54) is 11.3 Å². The van der Waals surface area contributed by atoms with Gasteiger partial charge in [0.2, 0.25) is 0 Å². The van der Waals surface area contributed by atoms with Gasteiger partial charge in [-0.15, -0.1) is 11.3 Å². The van der Waals surface area contributed by atoms with Gasteiger partial charge >= 0.3 is 5.97 Å². The number of epoxide rings is 1. The number of rotatable bonds is 3. The highest BCUT2D eigenvalue weighted by Crippen LogP contribution is 2.45. The molecule has 3 rings (SSSR count). The van der Waals surface area contributed by atoms with Gasteiger partial charge in [0.05, 0.1) is 48.0 Å².